The minimum Gasteiger partial charge on any atom is -0.493 e. The fourth-order valence-corrected chi connectivity index (χ4v) is 4.63. The number of halogens is 1. The minimum absolute atomic E-state index is 0.0818. The van der Waals surface area contributed by atoms with Crippen molar-refractivity contribution in [2.45, 2.75) is 26.3 Å². The molecule has 1 aliphatic carbocycles. The van der Waals surface area contributed by atoms with Crippen molar-refractivity contribution in [3.8, 4) is 17.2 Å². The number of nitrogens with zero attached hydrogens (tertiary/aromatic N) is 1. The van der Waals surface area contributed by atoms with Gasteiger partial charge in [0, 0.05) is 13.1 Å². The smallest absolute Gasteiger partial charge is 0.257 e. The molecular formula is C31H36FN3O6. The molecule has 1 aromatic heterocycles. The van der Waals surface area contributed by atoms with Crippen LogP contribution in [0.4, 0.5) is 4.39 Å². The van der Waals surface area contributed by atoms with Crippen molar-refractivity contribution in [2.24, 2.45) is 0 Å². The van der Waals surface area contributed by atoms with Gasteiger partial charge in [-0.15, -0.1) is 0 Å². The highest BCUT2D eigenvalue weighted by atomic mass is 19.1. The standard InChI is InChI=1S/C31H36FN3O6/c1-19-24(13-20-14-27(38-4)30(28(15-20)39-5)41-31(37)33-10-11-35(2)3)23-9-8-21(32)16-26(23)25(19)17-29(36)34-18-22-7-6-12-40-22/h6-9,12-16,31,33,37H,10-11,17-18H2,1-5H3,(H,34,36)/b24-13-. The number of hydrogen-bond acceptors (Lipinski definition) is 8. The van der Waals surface area contributed by atoms with E-state index >= 15 is 0 Å². The molecule has 0 saturated heterocycles. The molecule has 218 valence electrons. The van der Waals surface area contributed by atoms with Gasteiger partial charge in [0.2, 0.25) is 11.7 Å². The first-order chi connectivity index (χ1) is 19.7. The Bertz CT molecular complexity index is 1410. The Hall–Kier alpha value is -4.12. The molecule has 1 heterocycles. The van der Waals surface area contributed by atoms with Crippen LogP contribution in [-0.4, -0.2) is 63.7 Å². The number of hydrogen-bond donors (Lipinski definition) is 3. The summed E-state index contributed by atoms with van der Waals surface area (Å²) in [6.45, 7) is 3.41. The van der Waals surface area contributed by atoms with Gasteiger partial charge in [-0.25, -0.2) is 4.39 Å². The van der Waals surface area contributed by atoms with Gasteiger partial charge in [-0.1, -0.05) is 6.07 Å². The number of carbonyl (C=O) groups is 1. The molecule has 2 aromatic carbocycles. The first kappa shape index (κ1) is 29.9. The highest BCUT2D eigenvalue weighted by Gasteiger charge is 2.26. The van der Waals surface area contributed by atoms with Crippen LogP contribution < -0.4 is 24.8 Å². The summed E-state index contributed by atoms with van der Waals surface area (Å²) in [6, 6.07) is 11.7. The summed E-state index contributed by atoms with van der Waals surface area (Å²) >= 11 is 0. The Labute approximate surface area is 239 Å². The van der Waals surface area contributed by atoms with Crippen LogP contribution in [0.1, 0.15) is 35.8 Å². The summed E-state index contributed by atoms with van der Waals surface area (Å²) in [6.07, 6.45) is 2.29. The van der Waals surface area contributed by atoms with Gasteiger partial charge in [-0.2, -0.15) is 0 Å². The highest BCUT2D eigenvalue weighted by Crippen LogP contribution is 2.45. The topological polar surface area (TPSA) is 105 Å². The normalized spacial score (nSPS) is 14.4. The number of aliphatic hydroxyl groups is 1. The van der Waals surface area contributed by atoms with Crippen LogP contribution in [0.3, 0.4) is 0 Å². The van der Waals surface area contributed by atoms with Gasteiger partial charge in [0.15, 0.2) is 11.5 Å². The van der Waals surface area contributed by atoms with Gasteiger partial charge >= 0.3 is 0 Å². The average molecular weight is 566 g/mol. The third kappa shape index (κ3) is 7.35. The zero-order valence-corrected chi connectivity index (χ0v) is 23.9. The Morgan fingerprint density at radius 1 is 1.12 bits per heavy atom. The Morgan fingerprint density at radius 2 is 1.85 bits per heavy atom. The number of nitrogens with one attached hydrogen (secondary N) is 2. The Kier molecular flexibility index (Phi) is 9.82. The lowest BCUT2D eigenvalue weighted by Gasteiger charge is -2.20. The maximum atomic E-state index is 14.3. The van der Waals surface area contributed by atoms with Crippen LogP contribution in [-0.2, 0) is 11.3 Å². The van der Waals surface area contributed by atoms with Crippen LogP contribution in [0.2, 0.25) is 0 Å². The van der Waals surface area contributed by atoms with Crippen LogP contribution in [0.15, 0.2) is 58.7 Å². The SMILES string of the molecule is COc1cc(/C=C2/C(C)=C(CC(=O)NCc3ccco3)c3cc(F)ccc32)cc(OC)c1OC(O)NCCN(C)C. The number of likely N-dealkylation sites (N-methyl/N-ethyl adjacent to an activating group) is 1. The summed E-state index contributed by atoms with van der Waals surface area (Å²) in [4.78, 5) is 14.8. The van der Waals surface area contributed by atoms with Crippen molar-refractivity contribution in [3.05, 3.63) is 82.6 Å². The maximum absolute atomic E-state index is 14.3. The second-order valence-electron chi connectivity index (χ2n) is 9.87. The number of benzene rings is 2. The van der Waals surface area contributed by atoms with Crippen molar-refractivity contribution in [3.63, 3.8) is 0 Å². The lowest BCUT2D eigenvalue weighted by atomic mass is 10.00. The van der Waals surface area contributed by atoms with E-state index in [1.807, 2.05) is 32.0 Å². The van der Waals surface area contributed by atoms with E-state index in [1.165, 1.54) is 26.4 Å². The van der Waals surface area contributed by atoms with E-state index in [9.17, 15) is 14.3 Å². The van der Waals surface area contributed by atoms with Crippen LogP contribution in [0, 0.1) is 5.82 Å². The lowest BCUT2D eigenvalue weighted by Crippen LogP contribution is -2.38. The molecule has 10 heteroatoms. The van der Waals surface area contributed by atoms with E-state index in [1.54, 1.807) is 36.6 Å². The van der Waals surface area contributed by atoms with Crippen molar-refractivity contribution in [1.29, 1.82) is 0 Å². The summed E-state index contributed by atoms with van der Waals surface area (Å²) in [5.41, 5.74) is 4.67. The highest BCUT2D eigenvalue weighted by molar-refractivity contribution is 6.08. The van der Waals surface area contributed by atoms with E-state index in [0.717, 1.165) is 27.8 Å². The van der Waals surface area contributed by atoms with Gasteiger partial charge in [-0.3, -0.25) is 10.1 Å². The first-order valence-electron chi connectivity index (χ1n) is 13.2. The second-order valence-corrected chi connectivity index (χ2v) is 9.87. The molecular weight excluding hydrogens is 529 g/mol. The lowest BCUT2D eigenvalue weighted by molar-refractivity contribution is -0.120. The van der Waals surface area contributed by atoms with Crippen molar-refractivity contribution in [1.82, 2.24) is 15.5 Å². The number of ether oxygens (including phenoxy) is 3. The quantitative estimate of drug-likeness (QED) is 0.264. The minimum atomic E-state index is -1.27. The Balaban J connectivity index is 1.63. The third-order valence-corrected chi connectivity index (χ3v) is 6.73. The molecule has 1 atom stereocenters. The van der Waals surface area contributed by atoms with Gasteiger partial charge in [-0.05, 0) is 96.9 Å². The average Bonchev–Trinajstić information content (AvgIpc) is 3.55. The molecule has 41 heavy (non-hydrogen) atoms. The maximum Gasteiger partial charge on any atom is 0.257 e. The monoisotopic (exact) mass is 565 g/mol. The van der Waals surface area contributed by atoms with Gasteiger partial charge in [0.05, 0.1) is 33.4 Å². The van der Waals surface area contributed by atoms with E-state index in [-0.39, 0.29) is 30.4 Å². The van der Waals surface area contributed by atoms with Crippen molar-refractivity contribution in [2.75, 3.05) is 41.4 Å². The van der Waals surface area contributed by atoms with Gasteiger partial charge < -0.3 is 34.0 Å². The molecule has 0 saturated carbocycles. The van der Waals surface area contributed by atoms with Crippen LogP contribution in [0.5, 0.6) is 17.2 Å². The molecule has 9 nitrogen and oxygen atoms in total. The van der Waals surface area contributed by atoms with E-state index in [2.05, 4.69) is 10.6 Å². The molecule has 3 N–H and O–H groups in total. The zero-order valence-electron chi connectivity index (χ0n) is 23.9. The molecule has 0 bridgehead atoms. The molecule has 0 fully saturated rings. The predicted octanol–water partition coefficient (Wildman–Crippen LogP) is 4.28. The molecule has 0 radical (unpaired) electrons. The summed E-state index contributed by atoms with van der Waals surface area (Å²) < 4.78 is 36.5. The number of fused-ring (bicyclic) bond motifs is 1. The summed E-state index contributed by atoms with van der Waals surface area (Å²) in [7, 11) is 6.88. The van der Waals surface area contributed by atoms with E-state index in [0.29, 0.717) is 35.9 Å². The molecule has 1 unspecified atom stereocenters. The first-order valence-corrected chi connectivity index (χ1v) is 13.2. The Morgan fingerprint density at radius 3 is 2.49 bits per heavy atom. The number of carbonyl (C=O) groups excluding carboxylic acids is 1. The number of aliphatic hydroxyl groups excluding tert-OH is 1. The number of amides is 1. The van der Waals surface area contributed by atoms with Crippen molar-refractivity contribution >= 4 is 23.1 Å². The molecule has 4 rings (SSSR count). The molecule has 3 aromatic rings. The predicted molar refractivity (Wildman–Crippen MR) is 155 cm³/mol. The van der Waals surface area contributed by atoms with E-state index < -0.39 is 6.41 Å². The third-order valence-electron chi connectivity index (χ3n) is 6.73. The number of furan rings is 1. The van der Waals surface area contributed by atoms with Gasteiger partial charge in [0.25, 0.3) is 6.41 Å². The zero-order chi connectivity index (χ0) is 29.5. The van der Waals surface area contributed by atoms with Gasteiger partial charge in [0.1, 0.15) is 11.6 Å². The largest absolute Gasteiger partial charge is 0.493 e. The fraction of sp³-hybridized carbons (Fsp3) is 0.323. The molecule has 0 spiro atoms. The second kappa shape index (κ2) is 13.5. The number of rotatable bonds is 13. The van der Waals surface area contributed by atoms with Crippen LogP contribution in [0.25, 0.3) is 17.2 Å². The molecule has 1 amide bonds. The molecule has 1 aliphatic rings. The van der Waals surface area contributed by atoms with E-state index in [4.69, 9.17) is 18.6 Å². The fourth-order valence-electron chi connectivity index (χ4n) is 4.63. The number of methoxy groups -OCH3 is 2. The van der Waals surface area contributed by atoms with Crippen LogP contribution >= 0.6 is 0 Å². The van der Waals surface area contributed by atoms with Crippen molar-refractivity contribution < 1.29 is 32.9 Å². The summed E-state index contributed by atoms with van der Waals surface area (Å²) in [5.74, 6) is 1.04. The summed E-state index contributed by atoms with van der Waals surface area (Å²) in [5, 5.41) is 16.1. The molecule has 0 aliphatic heterocycles. The number of allylic oxidation sites excluding steroid dienone is 2.